The molecule has 8 heteroatoms. The summed E-state index contributed by atoms with van der Waals surface area (Å²) in [6, 6.07) is 8.58. The monoisotopic (exact) mass is 418 g/mol. The summed E-state index contributed by atoms with van der Waals surface area (Å²) in [5, 5.41) is 19.6. The number of aryl methyl sites for hydroxylation is 1. The molecule has 0 saturated heterocycles. The molecule has 156 valence electrons. The fraction of sp³-hybridized carbons (Fsp3) is 0.381. The Morgan fingerprint density at radius 3 is 2.45 bits per heavy atom. The molecule has 1 atom stereocenters. The van der Waals surface area contributed by atoms with E-state index in [1.54, 1.807) is 30.9 Å². The first-order chi connectivity index (χ1) is 13.7. The van der Waals surface area contributed by atoms with Crippen molar-refractivity contribution in [2.45, 2.75) is 44.6 Å². The standard InChI is InChI=1S/C21H26N2O5S/c1-4-22(5-2)29(27,28)17-9-11-19-15(12-17)7-6-14(3)23(19)21(26)18-10-8-16(24)13-20(18)25/h8-14,24-25H,4-7H2,1-3H3. The summed E-state index contributed by atoms with van der Waals surface area (Å²) < 4.78 is 27.1. The Morgan fingerprint density at radius 1 is 1.14 bits per heavy atom. The maximum atomic E-state index is 13.1. The van der Waals surface area contributed by atoms with E-state index in [4.69, 9.17) is 0 Å². The molecule has 0 aliphatic carbocycles. The van der Waals surface area contributed by atoms with Crippen molar-refractivity contribution < 1.29 is 23.4 Å². The number of anilines is 1. The minimum Gasteiger partial charge on any atom is -0.508 e. The van der Waals surface area contributed by atoms with Crippen molar-refractivity contribution >= 4 is 21.6 Å². The minimum atomic E-state index is -3.59. The maximum Gasteiger partial charge on any atom is 0.262 e. The molecule has 0 aromatic heterocycles. The van der Waals surface area contributed by atoms with Gasteiger partial charge in [-0.2, -0.15) is 4.31 Å². The highest BCUT2D eigenvalue weighted by Crippen LogP contribution is 2.35. The predicted octanol–water partition coefficient (Wildman–Crippen LogP) is 3.11. The van der Waals surface area contributed by atoms with Crippen molar-refractivity contribution in [3.63, 3.8) is 0 Å². The van der Waals surface area contributed by atoms with Gasteiger partial charge in [-0.1, -0.05) is 13.8 Å². The molecule has 7 nitrogen and oxygen atoms in total. The molecular formula is C21H26N2O5S. The molecule has 1 heterocycles. The molecule has 3 rings (SSSR count). The Kier molecular flexibility index (Phi) is 5.86. The van der Waals surface area contributed by atoms with Gasteiger partial charge < -0.3 is 15.1 Å². The predicted molar refractivity (Wildman–Crippen MR) is 111 cm³/mol. The average molecular weight is 419 g/mol. The molecule has 1 unspecified atom stereocenters. The first-order valence-electron chi connectivity index (χ1n) is 9.69. The molecule has 2 N–H and O–H groups in total. The summed E-state index contributed by atoms with van der Waals surface area (Å²) in [6.07, 6.45) is 1.33. The first kappa shape index (κ1) is 21.1. The third-order valence-electron chi connectivity index (χ3n) is 5.36. The van der Waals surface area contributed by atoms with Crippen molar-refractivity contribution in [3.05, 3.63) is 47.5 Å². The zero-order valence-electron chi connectivity index (χ0n) is 16.8. The van der Waals surface area contributed by atoms with Crippen LogP contribution in [0.1, 0.15) is 43.1 Å². The van der Waals surface area contributed by atoms with E-state index >= 15 is 0 Å². The van der Waals surface area contributed by atoms with E-state index in [2.05, 4.69) is 0 Å². The van der Waals surface area contributed by atoms with Gasteiger partial charge in [0.15, 0.2) is 0 Å². The average Bonchev–Trinajstić information content (AvgIpc) is 2.67. The summed E-state index contributed by atoms with van der Waals surface area (Å²) in [7, 11) is -3.59. The van der Waals surface area contributed by atoms with Crippen molar-refractivity contribution in [2.75, 3.05) is 18.0 Å². The lowest BCUT2D eigenvalue weighted by atomic mass is 9.95. The Morgan fingerprint density at radius 2 is 1.83 bits per heavy atom. The smallest absolute Gasteiger partial charge is 0.262 e. The summed E-state index contributed by atoms with van der Waals surface area (Å²) in [5.41, 5.74) is 1.50. The molecule has 0 radical (unpaired) electrons. The van der Waals surface area contributed by atoms with Crippen molar-refractivity contribution in [3.8, 4) is 11.5 Å². The molecule has 1 aliphatic heterocycles. The van der Waals surface area contributed by atoms with Gasteiger partial charge in [-0.3, -0.25) is 4.79 Å². The van der Waals surface area contributed by atoms with E-state index in [1.165, 1.54) is 22.5 Å². The van der Waals surface area contributed by atoms with Gasteiger partial charge in [-0.25, -0.2) is 8.42 Å². The number of hydrogen-bond acceptors (Lipinski definition) is 5. The van der Waals surface area contributed by atoms with Crippen LogP contribution < -0.4 is 4.90 Å². The number of carbonyl (C=O) groups is 1. The summed E-state index contributed by atoms with van der Waals surface area (Å²) >= 11 is 0. The molecule has 2 aromatic carbocycles. The van der Waals surface area contributed by atoms with Crippen LogP contribution in [-0.4, -0.2) is 48.0 Å². The Labute approximate surface area is 171 Å². The quantitative estimate of drug-likeness (QED) is 0.777. The Bertz CT molecular complexity index is 1030. The van der Waals surface area contributed by atoms with Gasteiger partial charge >= 0.3 is 0 Å². The highest BCUT2D eigenvalue weighted by atomic mass is 32.2. The van der Waals surface area contributed by atoms with Crippen LogP contribution in [0.3, 0.4) is 0 Å². The van der Waals surface area contributed by atoms with Gasteiger partial charge in [0, 0.05) is 30.9 Å². The molecule has 29 heavy (non-hydrogen) atoms. The third kappa shape index (κ3) is 3.82. The summed E-state index contributed by atoms with van der Waals surface area (Å²) in [6.45, 7) is 6.28. The van der Waals surface area contributed by atoms with E-state index in [1.807, 2.05) is 6.92 Å². The van der Waals surface area contributed by atoms with Crippen molar-refractivity contribution in [1.29, 1.82) is 0 Å². The Balaban J connectivity index is 2.03. The van der Waals surface area contributed by atoms with Crippen LogP contribution in [-0.2, 0) is 16.4 Å². The van der Waals surface area contributed by atoms with Gasteiger partial charge in [0.25, 0.3) is 5.91 Å². The molecule has 1 amide bonds. The van der Waals surface area contributed by atoms with Gasteiger partial charge in [0.1, 0.15) is 11.5 Å². The lowest BCUT2D eigenvalue weighted by Crippen LogP contribution is -2.42. The van der Waals surface area contributed by atoms with Crippen LogP contribution >= 0.6 is 0 Å². The number of phenolic OH excluding ortho intramolecular Hbond substituents is 2. The van der Waals surface area contributed by atoms with Crippen molar-refractivity contribution in [1.82, 2.24) is 4.31 Å². The van der Waals surface area contributed by atoms with Gasteiger partial charge in [-0.15, -0.1) is 0 Å². The number of aromatic hydroxyl groups is 2. The summed E-state index contributed by atoms with van der Waals surface area (Å²) in [4.78, 5) is 14.9. The van der Waals surface area contributed by atoms with Gasteiger partial charge in [-0.05, 0) is 55.7 Å². The molecule has 0 saturated carbocycles. The van der Waals surface area contributed by atoms with E-state index in [-0.39, 0.29) is 28.0 Å². The number of sulfonamides is 1. The number of carbonyl (C=O) groups excluding carboxylic acids is 1. The second kappa shape index (κ2) is 8.04. The van der Waals surface area contributed by atoms with Crippen LogP contribution in [0.4, 0.5) is 5.69 Å². The normalized spacial score (nSPS) is 16.7. The number of fused-ring (bicyclic) bond motifs is 1. The zero-order chi connectivity index (χ0) is 21.3. The number of phenols is 2. The highest BCUT2D eigenvalue weighted by molar-refractivity contribution is 7.89. The molecule has 1 aliphatic rings. The second-order valence-electron chi connectivity index (χ2n) is 7.14. The number of rotatable bonds is 5. The third-order valence-corrected chi connectivity index (χ3v) is 7.40. The lowest BCUT2D eigenvalue weighted by Gasteiger charge is -2.36. The fourth-order valence-electron chi connectivity index (χ4n) is 3.74. The molecule has 0 spiro atoms. The Hall–Kier alpha value is -2.58. The SMILES string of the molecule is CCN(CC)S(=O)(=O)c1ccc2c(c1)CCC(C)N2C(=O)c1ccc(O)cc1O. The molecule has 0 fully saturated rings. The molecule has 2 aromatic rings. The number of hydrogen-bond donors (Lipinski definition) is 2. The maximum absolute atomic E-state index is 13.1. The van der Waals surface area contributed by atoms with Crippen LogP contribution in [0.15, 0.2) is 41.3 Å². The lowest BCUT2D eigenvalue weighted by molar-refractivity contribution is 0.0972. The zero-order valence-corrected chi connectivity index (χ0v) is 17.6. The van der Waals surface area contributed by atoms with Crippen LogP contribution in [0.2, 0.25) is 0 Å². The van der Waals surface area contributed by atoms with E-state index in [0.29, 0.717) is 31.6 Å². The number of benzene rings is 2. The summed E-state index contributed by atoms with van der Waals surface area (Å²) in [5.74, 6) is -0.817. The molecular weight excluding hydrogens is 392 g/mol. The van der Waals surface area contributed by atoms with Gasteiger partial charge in [0.05, 0.1) is 10.5 Å². The van der Waals surface area contributed by atoms with E-state index in [9.17, 15) is 23.4 Å². The first-order valence-corrected chi connectivity index (χ1v) is 11.1. The number of nitrogens with zero attached hydrogens (tertiary/aromatic N) is 2. The van der Waals surface area contributed by atoms with Crippen LogP contribution in [0, 0.1) is 0 Å². The minimum absolute atomic E-state index is 0.0855. The van der Waals surface area contributed by atoms with Crippen LogP contribution in [0.5, 0.6) is 11.5 Å². The van der Waals surface area contributed by atoms with E-state index in [0.717, 1.165) is 11.6 Å². The molecule has 0 bridgehead atoms. The van der Waals surface area contributed by atoms with E-state index < -0.39 is 15.9 Å². The largest absolute Gasteiger partial charge is 0.508 e. The highest BCUT2D eigenvalue weighted by Gasteiger charge is 2.32. The topological polar surface area (TPSA) is 98.2 Å². The van der Waals surface area contributed by atoms with Crippen LogP contribution in [0.25, 0.3) is 0 Å². The van der Waals surface area contributed by atoms with Crippen molar-refractivity contribution in [2.24, 2.45) is 0 Å². The number of amides is 1. The second-order valence-corrected chi connectivity index (χ2v) is 9.08. The fourth-order valence-corrected chi connectivity index (χ4v) is 5.25. The van der Waals surface area contributed by atoms with Gasteiger partial charge in [0.2, 0.25) is 10.0 Å².